The highest BCUT2D eigenvalue weighted by Crippen LogP contribution is 2.10. The van der Waals surface area contributed by atoms with Crippen molar-refractivity contribution >= 4 is 5.57 Å². The third-order valence-electron chi connectivity index (χ3n) is 1.30. The summed E-state index contributed by atoms with van der Waals surface area (Å²) in [5.41, 5.74) is 1.93. The minimum Gasteiger partial charge on any atom is -0.285 e. The second kappa shape index (κ2) is 3.56. The van der Waals surface area contributed by atoms with E-state index in [-0.39, 0.29) is 0 Å². The lowest BCUT2D eigenvalue weighted by Gasteiger charge is -1.90. The van der Waals surface area contributed by atoms with Gasteiger partial charge < -0.3 is 0 Å². The van der Waals surface area contributed by atoms with E-state index in [1.54, 1.807) is 18.5 Å². The zero-order valence-electron chi connectivity index (χ0n) is 6.25. The van der Waals surface area contributed by atoms with Gasteiger partial charge >= 0.3 is 0 Å². The Balaban J connectivity index is 2.71. The fourth-order valence-corrected chi connectivity index (χ4v) is 0.707. The van der Waals surface area contributed by atoms with Crippen LogP contribution in [-0.4, -0.2) is 10.2 Å². The first-order valence-corrected chi connectivity index (χ1v) is 3.31. The number of H-pyrrole nitrogens is 1. The largest absolute Gasteiger partial charge is 0.285 e. The molecule has 0 fully saturated rings. The monoisotopic (exact) mass is 146 g/mol. The summed E-state index contributed by atoms with van der Waals surface area (Å²) in [5, 5.41) is 6.52. The highest BCUT2D eigenvalue weighted by Gasteiger charge is 1.92. The van der Waals surface area contributed by atoms with E-state index >= 15 is 0 Å². The van der Waals surface area contributed by atoms with Crippen LogP contribution in [-0.2, 0) is 0 Å². The molecule has 56 valence electrons. The molecular formula is C9H10N2. The van der Waals surface area contributed by atoms with Gasteiger partial charge in [0.15, 0.2) is 0 Å². The predicted molar refractivity (Wildman–Crippen MR) is 47.0 cm³/mol. The van der Waals surface area contributed by atoms with Crippen molar-refractivity contribution in [2.45, 2.75) is 0 Å². The molecule has 0 bridgehead atoms. The summed E-state index contributed by atoms with van der Waals surface area (Å²) in [4.78, 5) is 0. The van der Waals surface area contributed by atoms with Crippen molar-refractivity contribution in [2.24, 2.45) is 0 Å². The first-order valence-electron chi connectivity index (χ1n) is 3.31. The van der Waals surface area contributed by atoms with Crippen LogP contribution in [0.2, 0.25) is 0 Å². The molecular weight excluding hydrogens is 136 g/mol. The van der Waals surface area contributed by atoms with E-state index in [4.69, 9.17) is 0 Å². The van der Waals surface area contributed by atoms with E-state index in [9.17, 15) is 0 Å². The van der Waals surface area contributed by atoms with Crippen LogP contribution in [0.1, 0.15) is 5.56 Å². The van der Waals surface area contributed by atoms with Crippen LogP contribution in [0.15, 0.2) is 43.8 Å². The third kappa shape index (κ3) is 1.93. The van der Waals surface area contributed by atoms with E-state index in [0.717, 1.165) is 11.1 Å². The molecule has 1 aromatic heterocycles. The highest BCUT2D eigenvalue weighted by atomic mass is 15.1. The quantitative estimate of drug-likeness (QED) is 0.650. The lowest BCUT2D eigenvalue weighted by Crippen LogP contribution is -1.70. The normalized spacial score (nSPS) is 10.2. The lowest BCUT2D eigenvalue weighted by molar-refractivity contribution is 1.09. The van der Waals surface area contributed by atoms with Crippen LogP contribution in [0, 0.1) is 0 Å². The maximum atomic E-state index is 3.84. The van der Waals surface area contributed by atoms with E-state index in [2.05, 4.69) is 23.4 Å². The van der Waals surface area contributed by atoms with Gasteiger partial charge in [-0.3, -0.25) is 5.10 Å². The molecule has 0 radical (unpaired) electrons. The van der Waals surface area contributed by atoms with Crippen LogP contribution in [0.25, 0.3) is 5.57 Å². The number of hydrogen-bond donors (Lipinski definition) is 1. The molecule has 0 saturated heterocycles. The number of nitrogens with zero attached hydrogens (tertiary/aromatic N) is 1. The summed E-state index contributed by atoms with van der Waals surface area (Å²) in [5.74, 6) is 0. The average Bonchev–Trinajstić information content (AvgIpc) is 2.52. The smallest absolute Gasteiger partial charge is 0.0565 e. The Morgan fingerprint density at radius 3 is 3.00 bits per heavy atom. The maximum Gasteiger partial charge on any atom is 0.0565 e. The molecule has 1 N–H and O–H groups in total. The first kappa shape index (κ1) is 7.54. The maximum absolute atomic E-state index is 3.84. The van der Waals surface area contributed by atoms with Crippen molar-refractivity contribution in [1.29, 1.82) is 0 Å². The summed E-state index contributed by atoms with van der Waals surface area (Å²) < 4.78 is 0. The van der Waals surface area contributed by atoms with E-state index in [1.165, 1.54) is 0 Å². The van der Waals surface area contributed by atoms with Crippen molar-refractivity contribution in [2.75, 3.05) is 0 Å². The van der Waals surface area contributed by atoms with Gasteiger partial charge in [-0.1, -0.05) is 31.4 Å². The van der Waals surface area contributed by atoms with Gasteiger partial charge in [0.25, 0.3) is 0 Å². The van der Waals surface area contributed by atoms with Gasteiger partial charge in [0, 0.05) is 11.8 Å². The minimum atomic E-state index is 0.929. The molecule has 0 unspecified atom stereocenters. The molecule has 1 aromatic rings. The fourth-order valence-electron chi connectivity index (χ4n) is 0.707. The van der Waals surface area contributed by atoms with Gasteiger partial charge in [-0.15, -0.1) is 0 Å². The number of rotatable bonds is 3. The van der Waals surface area contributed by atoms with Crippen LogP contribution in [0.3, 0.4) is 0 Å². The van der Waals surface area contributed by atoms with Crippen molar-refractivity contribution in [3.8, 4) is 0 Å². The van der Waals surface area contributed by atoms with E-state index < -0.39 is 0 Å². The Labute approximate surface area is 65.9 Å². The number of hydrogen-bond acceptors (Lipinski definition) is 1. The SMILES string of the molecule is C=C/C=C\C(=C)c1cn[nH]c1. The molecule has 0 amide bonds. The van der Waals surface area contributed by atoms with Crippen molar-refractivity contribution in [1.82, 2.24) is 10.2 Å². The zero-order chi connectivity index (χ0) is 8.10. The van der Waals surface area contributed by atoms with Gasteiger partial charge in [0.2, 0.25) is 0 Å². The molecule has 0 aliphatic rings. The molecule has 1 heterocycles. The summed E-state index contributed by atoms with van der Waals surface area (Å²) in [6.45, 7) is 7.40. The molecule has 0 saturated carbocycles. The average molecular weight is 146 g/mol. The molecule has 0 aliphatic carbocycles. The second-order valence-corrected chi connectivity index (χ2v) is 2.11. The van der Waals surface area contributed by atoms with Gasteiger partial charge in [0.05, 0.1) is 6.20 Å². The van der Waals surface area contributed by atoms with Crippen molar-refractivity contribution in [3.05, 3.63) is 49.3 Å². The van der Waals surface area contributed by atoms with Gasteiger partial charge in [0.1, 0.15) is 0 Å². The molecule has 0 spiro atoms. The number of allylic oxidation sites excluding steroid dienone is 4. The van der Waals surface area contributed by atoms with Crippen molar-refractivity contribution < 1.29 is 0 Å². The molecule has 0 aliphatic heterocycles. The number of aromatic amines is 1. The topological polar surface area (TPSA) is 28.7 Å². The predicted octanol–water partition coefficient (Wildman–Crippen LogP) is 2.17. The first-order chi connectivity index (χ1) is 5.34. The van der Waals surface area contributed by atoms with Gasteiger partial charge in [-0.05, 0) is 5.57 Å². The van der Waals surface area contributed by atoms with E-state index in [1.807, 2.05) is 12.2 Å². The Morgan fingerprint density at radius 2 is 2.45 bits per heavy atom. The number of aromatic nitrogens is 2. The second-order valence-electron chi connectivity index (χ2n) is 2.11. The summed E-state index contributed by atoms with van der Waals surface area (Å²) in [6, 6.07) is 0. The summed E-state index contributed by atoms with van der Waals surface area (Å²) in [7, 11) is 0. The van der Waals surface area contributed by atoms with E-state index in [0.29, 0.717) is 0 Å². The Morgan fingerprint density at radius 1 is 1.64 bits per heavy atom. The number of nitrogens with one attached hydrogen (secondary N) is 1. The van der Waals surface area contributed by atoms with Crippen LogP contribution >= 0.6 is 0 Å². The molecule has 2 nitrogen and oxygen atoms in total. The lowest BCUT2D eigenvalue weighted by atomic mass is 10.1. The highest BCUT2D eigenvalue weighted by molar-refractivity contribution is 5.71. The van der Waals surface area contributed by atoms with Gasteiger partial charge in [-0.2, -0.15) is 5.10 Å². The Kier molecular flexibility index (Phi) is 2.44. The summed E-state index contributed by atoms with van der Waals surface area (Å²) >= 11 is 0. The Bertz CT molecular complexity index is 268. The molecule has 0 atom stereocenters. The van der Waals surface area contributed by atoms with Crippen LogP contribution in [0.5, 0.6) is 0 Å². The molecule has 1 rings (SSSR count). The molecule has 11 heavy (non-hydrogen) atoms. The minimum absolute atomic E-state index is 0.929. The van der Waals surface area contributed by atoms with Crippen LogP contribution < -0.4 is 0 Å². The van der Waals surface area contributed by atoms with Gasteiger partial charge in [-0.25, -0.2) is 0 Å². The zero-order valence-corrected chi connectivity index (χ0v) is 6.25. The molecule has 0 aromatic carbocycles. The summed E-state index contributed by atoms with van der Waals surface area (Å²) in [6.07, 6.45) is 8.98. The molecule has 2 heteroatoms. The standard InChI is InChI=1S/C9H10N2/c1-3-4-5-8(2)9-6-10-11-7-9/h3-7H,1-2H2,(H,10,11)/b5-4-. The van der Waals surface area contributed by atoms with Crippen molar-refractivity contribution in [3.63, 3.8) is 0 Å². The third-order valence-corrected chi connectivity index (χ3v) is 1.30. The van der Waals surface area contributed by atoms with Crippen LogP contribution in [0.4, 0.5) is 0 Å². The Hall–Kier alpha value is -1.57. The fraction of sp³-hybridized carbons (Fsp3) is 0.